The molecule has 1 aromatic heterocycles. The Kier molecular flexibility index (Phi) is 5.05. The fourth-order valence-corrected chi connectivity index (χ4v) is 2.82. The molecule has 1 fully saturated rings. The van der Waals surface area contributed by atoms with E-state index in [9.17, 15) is 9.18 Å². The van der Waals surface area contributed by atoms with Crippen molar-refractivity contribution in [3.63, 3.8) is 0 Å². The van der Waals surface area contributed by atoms with Gasteiger partial charge in [-0.25, -0.2) is 4.39 Å². The van der Waals surface area contributed by atoms with E-state index >= 15 is 0 Å². The summed E-state index contributed by atoms with van der Waals surface area (Å²) >= 11 is 0. The van der Waals surface area contributed by atoms with Gasteiger partial charge in [-0.1, -0.05) is 13.0 Å². The Balaban J connectivity index is 1.69. The highest BCUT2D eigenvalue weighted by molar-refractivity contribution is 6.04. The Bertz CT molecular complexity index is 714. The highest BCUT2D eigenvalue weighted by atomic mass is 19.1. The second kappa shape index (κ2) is 7.40. The summed E-state index contributed by atoms with van der Waals surface area (Å²) in [6.45, 7) is 7.08. The van der Waals surface area contributed by atoms with Gasteiger partial charge in [0.25, 0.3) is 5.91 Å². The van der Waals surface area contributed by atoms with Gasteiger partial charge in [-0.15, -0.1) is 0 Å². The molecule has 1 N–H and O–H groups in total. The Morgan fingerprint density at radius 1 is 1.21 bits per heavy atom. The van der Waals surface area contributed by atoms with Gasteiger partial charge in [0, 0.05) is 38.1 Å². The standard InChI is InChI=1S/C18H21FN4O/c1-2-22-6-8-23(9-7-22)17-10-14(12-20-13-17)18(24)21-16-5-3-4-15(19)11-16/h3-5,10-13H,2,6-9H2,1H3,(H,21,24). The van der Waals surface area contributed by atoms with Crippen LogP contribution in [0.4, 0.5) is 15.8 Å². The molecule has 1 saturated heterocycles. The molecule has 1 aliphatic rings. The minimum atomic E-state index is -0.381. The average Bonchev–Trinajstić information content (AvgIpc) is 2.62. The van der Waals surface area contributed by atoms with Crippen molar-refractivity contribution in [3.8, 4) is 0 Å². The van der Waals surface area contributed by atoms with Crippen molar-refractivity contribution in [1.29, 1.82) is 0 Å². The van der Waals surface area contributed by atoms with E-state index in [1.807, 2.05) is 6.07 Å². The molecule has 2 heterocycles. The van der Waals surface area contributed by atoms with Crippen molar-refractivity contribution >= 4 is 17.3 Å². The lowest BCUT2D eigenvalue weighted by molar-refractivity contribution is 0.102. The number of hydrogen-bond acceptors (Lipinski definition) is 4. The number of halogens is 1. The summed E-state index contributed by atoms with van der Waals surface area (Å²) in [4.78, 5) is 21.2. The van der Waals surface area contributed by atoms with Gasteiger partial charge in [-0.3, -0.25) is 9.78 Å². The van der Waals surface area contributed by atoms with Crippen molar-refractivity contribution in [2.45, 2.75) is 6.92 Å². The number of anilines is 2. The van der Waals surface area contributed by atoms with E-state index in [4.69, 9.17) is 0 Å². The van der Waals surface area contributed by atoms with E-state index in [0.29, 0.717) is 11.3 Å². The maximum atomic E-state index is 13.2. The Hall–Kier alpha value is -2.47. The topological polar surface area (TPSA) is 48.5 Å². The summed E-state index contributed by atoms with van der Waals surface area (Å²) in [6, 6.07) is 7.69. The maximum absolute atomic E-state index is 13.2. The number of benzene rings is 1. The van der Waals surface area contributed by atoms with Crippen molar-refractivity contribution < 1.29 is 9.18 Å². The highest BCUT2D eigenvalue weighted by Crippen LogP contribution is 2.18. The lowest BCUT2D eigenvalue weighted by Gasteiger charge is -2.35. The highest BCUT2D eigenvalue weighted by Gasteiger charge is 2.17. The van der Waals surface area contributed by atoms with E-state index in [2.05, 4.69) is 27.0 Å². The maximum Gasteiger partial charge on any atom is 0.257 e. The SMILES string of the molecule is CCN1CCN(c2cncc(C(=O)Nc3cccc(F)c3)c2)CC1. The smallest absolute Gasteiger partial charge is 0.257 e. The largest absolute Gasteiger partial charge is 0.368 e. The number of carbonyl (C=O) groups is 1. The summed E-state index contributed by atoms with van der Waals surface area (Å²) in [6.07, 6.45) is 3.31. The van der Waals surface area contributed by atoms with Gasteiger partial charge < -0.3 is 15.1 Å². The number of nitrogens with one attached hydrogen (secondary N) is 1. The Morgan fingerprint density at radius 2 is 2.00 bits per heavy atom. The van der Waals surface area contributed by atoms with Crippen LogP contribution in [0.5, 0.6) is 0 Å². The van der Waals surface area contributed by atoms with E-state index in [1.165, 1.54) is 18.3 Å². The summed E-state index contributed by atoms with van der Waals surface area (Å²) in [7, 11) is 0. The lowest BCUT2D eigenvalue weighted by atomic mass is 10.2. The first-order valence-electron chi connectivity index (χ1n) is 8.15. The summed E-state index contributed by atoms with van der Waals surface area (Å²) in [5, 5.41) is 2.70. The van der Waals surface area contributed by atoms with E-state index in [1.54, 1.807) is 18.3 Å². The van der Waals surface area contributed by atoms with Gasteiger partial charge in [-0.2, -0.15) is 0 Å². The fourth-order valence-electron chi connectivity index (χ4n) is 2.82. The number of hydrogen-bond donors (Lipinski definition) is 1. The third-order valence-corrected chi connectivity index (χ3v) is 4.25. The zero-order valence-corrected chi connectivity index (χ0v) is 13.7. The molecule has 5 nitrogen and oxygen atoms in total. The number of pyridine rings is 1. The van der Waals surface area contributed by atoms with Gasteiger partial charge in [0.2, 0.25) is 0 Å². The lowest BCUT2D eigenvalue weighted by Crippen LogP contribution is -2.46. The summed E-state index contributed by atoms with van der Waals surface area (Å²) in [5.41, 5.74) is 1.84. The molecule has 3 rings (SSSR count). The molecular formula is C18H21FN4O. The molecule has 0 atom stereocenters. The predicted octanol–water partition coefficient (Wildman–Crippen LogP) is 2.61. The van der Waals surface area contributed by atoms with Gasteiger partial charge in [0.15, 0.2) is 0 Å². The van der Waals surface area contributed by atoms with Gasteiger partial charge >= 0.3 is 0 Å². The van der Waals surface area contributed by atoms with E-state index in [0.717, 1.165) is 38.4 Å². The second-order valence-electron chi connectivity index (χ2n) is 5.82. The number of aromatic nitrogens is 1. The van der Waals surface area contributed by atoms with Crippen LogP contribution in [0.15, 0.2) is 42.7 Å². The number of rotatable bonds is 4. The van der Waals surface area contributed by atoms with Gasteiger partial charge in [0.1, 0.15) is 5.82 Å². The van der Waals surface area contributed by atoms with Crippen LogP contribution in [-0.2, 0) is 0 Å². The summed E-state index contributed by atoms with van der Waals surface area (Å²) in [5.74, 6) is -0.671. The minimum Gasteiger partial charge on any atom is -0.368 e. The van der Waals surface area contributed by atoms with Crippen LogP contribution in [-0.4, -0.2) is 48.5 Å². The monoisotopic (exact) mass is 328 g/mol. The Morgan fingerprint density at radius 3 is 2.71 bits per heavy atom. The molecule has 1 amide bonds. The van der Waals surface area contributed by atoms with Crippen LogP contribution >= 0.6 is 0 Å². The zero-order valence-electron chi connectivity index (χ0n) is 13.7. The van der Waals surface area contributed by atoms with E-state index < -0.39 is 0 Å². The van der Waals surface area contributed by atoms with Gasteiger partial charge in [-0.05, 0) is 30.8 Å². The third kappa shape index (κ3) is 3.89. The number of likely N-dealkylation sites (N-methyl/N-ethyl adjacent to an activating group) is 1. The van der Waals surface area contributed by atoms with Crippen LogP contribution in [0.1, 0.15) is 17.3 Å². The van der Waals surface area contributed by atoms with Crippen LogP contribution < -0.4 is 10.2 Å². The first-order valence-corrected chi connectivity index (χ1v) is 8.15. The van der Waals surface area contributed by atoms with Crippen LogP contribution in [0.25, 0.3) is 0 Å². The third-order valence-electron chi connectivity index (χ3n) is 4.25. The van der Waals surface area contributed by atoms with Crippen molar-refractivity contribution in [2.24, 2.45) is 0 Å². The normalized spacial score (nSPS) is 15.3. The zero-order chi connectivity index (χ0) is 16.9. The molecule has 2 aromatic rings. The first kappa shape index (κ1) is 16.4. The minimum absolute atomic E-state index is 0.290. The predicted molar refractivity (Wildman–Crippen MR) is 92.9 cm³/mol. The summed E-state index contributed by atoms with van der Waals surface area (Å²) < 4.78 is 13.2. The van der Waals surface area contributed by atoms with Crippen LogP contribution in [0.3, 0.4) is 0 Å². The molecule has 0 aliphatic carbocycles. The molecule has 24 heavy (non-hydrogen) atoms. The van der Waals surface area contributed by atoms with Gasteiger partial charge in [0.05, 0.1) is 17.4 Å². The molecule has 0 unspecified atom stereocenters. The molecule has 6 heteroatoms. The molecule has 1 aliphatic heterocycles. The Labute approximate surface area is 141 Å². The average molecular weight is 328 g/mol. The molecule has 0 spiro atoms. The fraction of sp³-hybridized carbons (Fsp3) is 0.333. The van der Waals surface area contributed by atoms with E-state index in [-0.39, 0.29) is 11.7 Å². The molecule has 1 aromatic carbocycles. The number of carbonyl (C=O) groups excluding carboxylic acids is 1. The molecular weight excluding hydrogens is 307 g/mol. The quantitative estimate of drug-likeness (QED) is 0.937. The van der Waals surface area contributed by atoms with Crippen molar-refractivity contribution in [2.75, 3.05) is 42.9 Å². The van der Waals surface area contributed by atoms with Crippen LogP contribution in [0.2, 0.25) is 0 Å². The van der Waals surface area contributed by atoms with Crippen molar-refractivity contribution in [3.05, 3.63) is 54.1 Å². The van der Waals surface area contributed by atoms with Crippen molar-refractivity contribution in [1.82, 2.24) is 9.88 Å². The molecule has 0 radical (unpaired) electrons. The first-order chi connectivity index (χ1) is 11.7. The molecule has 126 valence electrons. The number of nitrogens with zero attached hydrogens (tertiary/aromatic N) is 3. The van der Waals surface area contributed by atoms with Crippen LogP contribution in [0, 0.1) is 5.82 Å². The number of piperazine rings is 1. The number of amides is 1. The second-order valence-corrected chi connectivity index (χ2v) is 5.82. The molecule has 0 bridgehead atoms. The molecule has 0 saturated carbocycles.